The van der Waals surface area contributed by atoms with Gasteiger partial charge in [0.05, 0.1) is 12.6 Å². The molecule has 120 valence electrons. The number of aryl methyl sites for hydroxylation is 1. The third-order valence-corrected chi connectivity index (χ3v) is 4.32. The number of hydrogen-bond donors (Lipinski definition) is 2. The molecule has 1 aromatic carbocycles. The monoisotopic (exact) mass is 335 g/mol. The molecule has 1 atom stereocenters. The second kappa shape index (κ2) is 6.29. The van der Waals surface area contributed by atoms with Crippen LogP contribution >= 0.6 is 11.8 Å². The summed E-state index contributed by atoms with van der Waals surface area (Å²) in [4.78, 5) is 22.2. The van der Waals surface area contributed by atoms with Crippen molar-refractivity contribution in [1.82, 2.24) is 5.32 Å². The number of fused-ring (bicyclic) bond motifs is 1. The van der Waals surface area contributed by atoms with E-state index in [9.17, 15) is 9.59 Å². The number of carbonyl (C=O) groups is 2. The minimum atomic E-state index is -1.03. The van der Waals surface area contributed by atoms with Crippen LogP contribution in [0.25, 0.3) is 0 Å². The number of aliphatic carboxylic acids is 1. The van der Waals surface area contributed by atoms with Crippen LogP contribution in [0, 0.1) is 6.92 Å². The lowest BCUT2D eigenvalue weighted by Gasteiger charge is -2.01. The Hall–Kier alpha value is -2.55. The highest BCUT2D eigenvalue weighted by Crippen LogP contribution is 2.34. The van der Waals surface area contributed by atoms with Gasteiger partial charge in [-0.1, -0.05) is 11.8 Å². The Balaban J connectivity index is 1.70. The molecule has 0 spiro atoms. The minimum absolute atomic E-state index is 0.200. The van der Waals surface area contributed by atoms with Gasteiger partial charge in [0, 0.05) is 5.56 Å². The lowest BCUT2D eigenvalue weighted by atomic mass is 10.1. The van der Waals surface area contributed by atoms with Crippen molar-refractivity contribution in [3.63, 3.8) is 0 Å². The Labute approximate surface area is 135 Å². The third-order valence-electron chi connectivity index (χ3n) is 3.24. The van der Waals surface area contributed by atoms with Crippen molar-refractivity contribution in [2.75, 3.05) is 6.79 Å². The average molecular weight is 335 g/mol. The Bertz CT molecular complexity index is 731. The number of nitrogens with zero attached hydrogens (tertiary/aromatic N) is 2. The van der Waals surface area contributed by atoms with Gasteiger partial charge in [0.25, 0.3) is 0 Å². The summed E-state index contributed by atoms with van der Waals surface area (Å²) >= 11 is 1.06. The van der Waals surface area contributed by atoms with Crippen molar-refractivity contribution in [3.05, 3.63) is 23.3 Å². The van der Waals surface area contributed by atoms with Gasteiger partial charge in [0.2, 0.25) is 12.7 Å². The van der Waals surface area contributed by atoms with Gasteiger partial charge in [-0.25, -0.2) is 0 Å². The van der Waals surface area contributed by atoms with Crippen LogP contribution < -0.4 is 14.8 Å². The zero-order chi connectivity index (χ0) is 16.4. The Morgan fingerprint density at radius 3 is 2.96 bits per heavy atom. The molecule has 0 aromatic heterocycles. The fourth-order valence-electron chi connectivity index (χ4n) is 2.09. The summed E-state index contributed by atoms with van der Waals surface area (Å²) in [5.41, 5.74) is 1.76. The van der Waals surface area contributed by atoms with Crippen LogP contribution in [0.2, 0.25) is 0 Å². The number of thioether (sulfide) groups is 1. The molecule has 0 saturated carbocycles. The molecule has 3 rings (SSSR count). The van der Waals surface area contributed by atoms with Crippen LogP contribution in [0.3, 0.4) is 0 Å². The maximum atomic E-state index is 11.6. The molecule has 9 heteroatoms. The molecule has 0 radical (unpaired) electrons. The molecule has 1 aromatic rings. The van der Waals surface area contributed by atoms with Gasteiger partial charge >= 0.3 is 5.97 Å². The topological polar surface area (TPSA) is 110 Å². The summed E-state index contributed by atoms with van der Waals surface area (Å²) in [7, 11) is 0. The summed E-state index contributed by atoms with van der Waals surface area (Å²) in [5.74, 6) is -0.0557. The molecule has 1 saturated heterocycles. The molecule has 2 N–H and O–H groups in total. The molecule has 8 nitrogen and oxygen atoms in total. The molecule has 0 aliphatic carbocycles. The quantitative estimate of drug-likeness (QED) is 0.630. The summed E-state index contributed by atoms with van der Waals surface area (Å²) in [6.07, 6.45) is 1.29. The van der Waals surface area contributed by atoms with E-state index in [4.69, 9.17) is 14.6 Å². The van der Waals surface area contributed by atoms with Gasteiger partial charge in [0.15, 0.2) is 16.7 Å². The van der Waals surface area contributed by atoms with Crippen LogP contribution in [-0.2, 0) is 9.59 Å². The van der Waals surface area contributed by atoms with Crippen molar-refractivity contribution >= 4 is 35.0 Å². The van der Waals surface area contributed by atoms with E-state index in [0.717, 1.165) is 22.9 Å². The van der Waals surface area contributed by atoms with E-state index in [1.807, 2.05) is 13.0 Å². The van der Waals surface area contributed by atoms with E-state index in [1.165, 1.54) is 0 Å². The standard InChI is InChI=1S/C14H13N3O5S/c1-7-2-9-10(22-6-21-9)3-8(7)5-15-17-14-16-13(20)11(23-14)4-12(18)19/h2-3,5,11H,4,6H2,1H3,(H,18,19)(H,16,17,20). The average Bonchev–Trinajstić information content (AvgIpc) is 3.05. The molecule has 1 amide bonds. The lowest BCUT2D eigenvalue weighted by molar-refractivity contribution is -0.138. The van der Waals surface area contributed by atoms with Crippen LogP contribution in [0.15, 0.2) is 22.3 Å². The van der Waals surface area contributed by atoms with Crippen molar-refractivity contribution < 1.29 is 24.2 Å². The first kappa shape index (κ1) is 15.3. The number of benzene rings is 1. The molecular formula is C14H13N3O5S. The lowest BCUT2D eigenvalue weighted by Crippen LogP contribution is -2.26. The molecule has 2 aliphatic rings. The fraction of sp³-hybridized carbons (Fsp3) is 0.286. The first-order chi connectivity index (χ1) is 11.0. The molecule has 23 heavy (non-hydrogen) atoms. The summed E-state index contributed by atoms with van der Waals surface area (Å²) in [6.45, 7) is 2.11. The Kier molecular flexibility index (Phi) is 4.20. The van der Waals surface area contributed by atoms with Gasteiger partial charge in [-0.3, -0.25) is 9.59 Å². The number of amidine groups is 1. The zero-order valence-corrected chi connectivity index (χ0v) is 12.9. The van der Waals surface area contributed by atoms with Gasteiger partial charge in [-0.15, -0.1) is 5.10 Å². The highest BCUT2D eigenvalue weighted by molar-refractivity contribution is 8.15. The largest absolute Gasteiger partial charge is 0.481 e. The third kappa shape index (κ3) is 3.45. The second-order valence-corrected chi connectivity index (χ2v) is 6.10. The minimum Gasteiger partial charge on any atom is -0.481 e. The number of amides is 1. The van der Waals surface area contributed by atoms with Crippen LogP contribution in [0.4, 0.5) is 0 Å². The van der Waals surface area contributed by atoms with E-state index in [0.29, 0.717) is 11.5 Å². The highest BCUT2D eigenvalue weighted by atomic mass is 32.2. The summed E-state index contributed by atoms with van der Waals surface area (Å²) in [5, 5.41) is 18.7. The summed E-state index contributed by atoms with van der Waals surface area (Å²) < 4.78 is 10.6. The number of nitrogens with one attached hydrogen (secondary N) is 1. The SMILES string of the molecule is Cc1cc2c(cc1C=NN=C1NC(=O)C(CC(=O)O)S1)OCO2. The zero-order valence-electron chi connectivity index (χ0n) is 12.1. The van der Waals surface area contributed by atoms with Gasteiger partial charge < -0.3 is 19.9 Å². The van der Waals surface area contributed by atoms with Crippen molar-refractivity contribution in [3.8, 4) is 11.5 Å². The number of rotatable bonds is 4. The normalized spacial score (nSPS) is 21.2. The second-order valence-electron chi connectivity index (χ2n) is 4.91. The van der Waals surface area contributed by atoms with Crippen LogP contribution in [0.1, 0.15) is 17.5 Å². The van der Waals surface area contributed by atoms with E-state index in [2.05, 4.69) is 15.5 Å². The first-order valence-corrected chi connectivity index (χ1v) is 7.61. The van der Waals surface area contributed by atoms with E-state index in [-0.39, 0.29) is 24.3 Å². The number of carbonyl (C=O) groups excluding carboxylic acids is 1. The molecule has 1 fully saturated rings. The predicted molar refractivity (Wildman–Crippen MR) is 84.1 cm³/mol. The van der Waals surface area contributed by atoms with E-state index < -0.39 is 11.2 Å². The number of ether oxygens (including phenoxy) is 2. The molecular weight excluding hydrogens is 322 g/mol. The van der Waals surface area contributed by atoms with Crippen molar-refractivity contribution in [1.29, 1.82) is 0 Å². The Morgan fingerprint density at radius 2 is 2.22 bits per heavy atom. The smallest absolute Gasteiger partial charge is 0.305 e. The fourth-order valence-corrected chi connectivity index (χ4v) is 3.00. The molecule has 0 bridgehead atoms. The first-order valence-electron chi connectivity index (χ1n) is 6.73. The highest BCUT2D eigenvalue weighted by Gasteiger charge is 2.32. The molecule has 2 heterocycles. The van der Waals surface area contributed by atoms with E-state index >= 15 is 0 Å². The van der Waals surface area contributed by atoms with Gasteiger partial charge in [-0.05, 0) is 24.6 Å². The maximum Gasteiger partial charge on any atom is 0.305 e. The predicted octanol–water partition coefficient (Wildman–Crippen LogP) is 1.12. The van der Waals surface area contributed by atoms with Crippen molar-refractivity contribution in [2.45, 2.75) is 18.6 Å². The Morgan fingerprint density at radius 1 is 1.48 bits per heavy atom. The summed E-state index contributed by atoms with van der Waals surface area (Å²) in [6, 6.07) is 3.65. The van der Waals surface area contributed by atoms with Gasteiger partial charge in [0.1, 0.15) is 5.25 Å². The molecule has 1 unspecified atom stereocenters. The van der Waals surface area contributed by atoms with Gasteiger partial charge in [-0.2, -0.15) is 5.10 Å². The van der Waals surface area contributed by atoms with E-state index in [1.54, 1.807) is 12.3 Å². The number of carboxylic acids is 1. The number of carboxylic acid groups (broad SMARTS) is 1. The molecule has 2 aliphatic heterocycles. The number of hydrogen-bond acceptors (Lipinski definition) is 7. The maximum absolute atomic E-state index is 11.6. The van der Waals surface area contributed by atoms with Crippen LogP contribution in [-0.4, -0.2) is 40.4 Å². The van der Waals surface area contributed by atoms with Crippen molar-refractivity contribution in [2.24, 2.45) is 10.2 Å². The van der Waals surface area contributed by atoms with Crippen LogP contribution in [0.5, 0.6) is 11.5 Å².